The summed E-state index contributed by atoms with van der Waals surface area (Å²) < 4.78 is 16.9. The van der Waals surface area contributed by atoms with Gasteiger partial charge in [-0.15, -0.1) is 0 Å². The number of carbonyl (C=O) groups is 3. The lowest BCUT2D eigenvalue weighted by atomic mass is 10.1. The summed E-state index contributed by atoms with van der Waals surface area (Å²) in [6.45, 7) is 1.85. The minimum atomic E-state index is -0.418. The van der Waals surface area contributed by atoms with E-state index in [9.17, 15) is 14.4 Å². The Kier molecular flexibility index (Phi) is 7.64. The highest BCUT2D eigenvalue weighted by Gasteiger charge is 2.35. The van der Waals surface area contributed by atoms with Crippen molar-refractivity contribution in [2.45, 2.75) is 13.5 Å². The summed E-state index contributed by atoms with van der Waals surface area (Å²) in [5, 5.41) is 2.80. The molecule has 8 nitrogen and oxygen atoms in total. The first-order valence-electron chi connectivity index (χ1n) is 11.4. The predicted octanol–water partition coefficient (Wildman–Crippen LogP) is 6.39. The molecule has 1 fully saturated rings. The van der Waals surface area contributed by atoms with E-state index in [0.717, 1.165) is 27.9 Å². The smallest absolute Gasteiger partial charge is 0.293 e. The standard InChI is InChI=1S/C27H20BrClN2O6S/c1-15-4-2-3-5-20(15)30-25(32)13-35-21-7-6-16(8-18(21)28)9-24-26(33)31(27(34)38-24)12-17-10-22-23(11-19(17)29)37-14-36-22/h2-11H,12-14H2,1H3,(H,30,32)/b24-9-. The van der Waals surface area contributed by atoms with E-state index in [4.69, 9.17) is 25.8 Å². The van der Waals surface area contributed by atoms with Crippen LogP contribution in [0.4, 0.5) is 10.5 Å². The first-order valence-corrected chi connectivity index (χ1v) is 13.4. The average Bonchev–Trinajstić information content (AvgIpc) is 3.44. The zero-order valence-electron chi connectivity index (χ0n) is 20.0. The van der Waals surface area contributed by atoms with Gasteiger partial charge in [0.15, 0.2) is 18.1 Å². The maximum absolute atomic E-state index is 13.0. The van der Waals surface area contributed by atoms with Crippen molar-refractivity contribution in [1.29, 1.82) is 0 Å². The zero-order valence-corrected chi connectivity index (χ0v) is 23.1. The van der Waals surface area contributed by atoms with Gasteiger partial charge in [0.05, 0.1) is 15.9 Å². The lowest BCUT2D eigenvalue weighted by Crippen LogP contribution is -2.27. The quantitative estimate of drug-likeness (QED) is 0.308. The molecular formula is C27H20BrClN2O6S. The van der Waals surface area contributed by atoms with Crippen LogP contribution in [0.25, 0.3) is 6.08 Å². The van der Waals surface area contributed by atoms with Gasteiger partial charge in [0.2, 0.25) is 6.79 Å². The van der Waals surface area contributed by atoms with Crippen molar-refractivity contribution in [1.82, 2.24) is 4.90 Å². The Balaban J connectivity index is 1.23. The average molecular weight is 616 g/mol. The van der Waals surface area contributed by atoms with Crippen molar-refractivity contribution < 1.29 is 28.6 Å². The number of thioether (sulfide) groups is 1. The fraction of sp³-hybridized carbons (Fsp3) is 0.148. The van der Waals surface area contributed by atoms with Crippen molar-refractivity contribution in [2.75, 3.05) is 18.7 Å². The molecule has 0 aliphatic carbocycles. The molecular weight excluding hydrogens is 596 g/mol. The maximum Gasteiger partial charge on any atom is 0.293 e. The Labute approximate surface area is 236 Å². The number of aryl methyl sites for hydroxylation is 1. The number of hydrogen-bond acceptors (Lipinski definition) is 7. The van der Waals surface area contributed by atoms with Gasteiger partial charge in [0, 0.05) is 16.8 Å². The molecule has 1 N–H and O–H groups in total. The van der Waals surface area contributed by atoms with Crippen LogP contribution in [0.5, 0.6) is 17.2 Å². The molecule has 0 bridgehead atoms. The van der Waals surface area contributed by atoms with E-state index in [1.165, 1.54) is 0 Å². The van der Waals surface area contributed by atoms with E-state index in [1.54, 1.807) is 36.4 Å². The molecule has 2 aliphatic heterocycles. The number of fused-ring (bicyclic) bond motifs is 1. The molecule has 3 aromatic carbocycles. The number of amides is 3. The molecule has 1 saturated heterocycles. The van der Waals surface area contributed by atoms with Gasteiger partial charge < -0.3 is 19.5 Å². The second-order valence-electron chi connectivity index (χ2n) is 8.41. The highest BCUT2D eigenvalue weighted by Crippen LogP contribution is 2.39. The number of benzene rings is 3. The topological polar surface area (TPSA) is 94.2 Å². The van der Waals surface area contributed by atoms with Gasteiger partial charge in [-0.2, -0.15) is 0 Å². The number of imide groups is 1. The van der Waals surface area contributed by atoms with Gasteiger partial charge in [-0.05, 0) is 81.6 Å². The van der Waals surface area contributed by atoms with Crippen LogP contribution >= 0.6 is 39.3 Å². The third-order valence-electron chi connectivity index (χ3n) is 5.78. The molecule has 3 amide bonds. The molecule has 0 saturated carbocycles. The van der Waals surface area contributed by atoms with Gasteiger partial charge in [-0.1, -0.05) is 35.9 Å². The van der Waals surface area contributed by atoms with Crippen molar-refractivity contribution in [3.63, 3.8) is 0 Å². The van der Waals surface area contributed by atoms with Crippen LogP contribution in [0.2, 0.25) is 5.02 Å². The molecule has 2 aliphatic rings. The van der Waals surface area contributed by atoms with E-state index < -0.39 is 11.1 Å². The molecule has 194 valence electrons. The normalized spacial score (nSPS) is 15.3. The van der Waals surface area contributed by atoms with Gasteiger partial charge in [0.1, 0.15) is 5.75 Å². The van der Waals surface area contributed by atoms with Crippen molar-refractivity contribution >= 4 is 68.1 Å². The number of hydrogen-bond donors (Lipinski definition) is 1. The Hall–Kier alpha value is -3.47. The third-order valence-corrected chi connectivity index (χ3v) is 7.65. The molecule has 0 aromatic heterocycles. The molecule has 0 radical (unpaired) electrons. The molecule has 38 heavy (non-hydrogen) atoms. The van der Waals surface area contributed by atoms with E-state index in [-0.39, 0.29) is 30.8 Å². The Morgan fingerprint density at radius 3 is 2.68 bits per heavy atom. The van der Waals surface area contributed by atoms with Crippen LogP contribution in [0.15, 0.2) is 64.0 Å². The van der Waals surface area contributed by atoms with Crippen molar-refractivity contribution in [2.24, 2.45) is 0 Å². The van der Waals surface area contributed by atoms with Gasteiger partial charge in [-0.3, -0.25) is 19.3 Å². The van der Waals surface area contributed by atoms with Gasteiger partial charge in [-0.25, -0.2) is 0 Å². The number of ether oxygens (including phenoxy) is 3. The Morgan fingerprint density at radius 1 is 1.16 bits per heavy atom. The number of rotatable bonds is 7. The number of halogens is 2. The van der Waals surface area contributed by atoms with Crippen LogP contribution in [-0.4, -0.2) is 35.4 Å². The minimum absolute atomic E-state index is 0.0124. The van der Waals surface area contributed by atoms with Gasteiger partial charge >= 0.3 is 0 Å². The van der Waals surface area contributed by atoms with E-state index in [2.05, 4.69) is 21.2 Å². The molecule has 2 heterocycles. The minimum Gasteiger partial charge on any atom is -0.483 e. The summed E-state index contributed by atoms with van der Waals surface area (Å²) >= 11 is 10.6. The zero-order chi connectivity index (χ0) is 26.8. The van der Waals surface area contributed by atoms with E-state index in [0.29, 0.717) is 37.9 Å². The lowest BCUT2D eigenvalue weighted by molar-refractivity contribution is -0.123. The van der Waals surface area contributed by atoms with Crippen LogP contribution in [0, 0.1) is 6.92 Å². The molecule has 11 heteroatoms. The summed E-state index contributed by atoms with van der Waals surface area (Å²) in [6.07, 6.45) is 1.63. The first kappa shape index (κ1) is 26.1. The highest BCUT2D eigenvalue weighted by molar-refractivity contribution is 9.10. The fourth-order valence-electron chi connectivity index (χ4n) is 3.81. The monoisotopic (exact) mass is 614 g/mol. The third kappa shape index (κ3) is 5.67. The van der Waals surface area contributed by atoms with Crippen molar-refractivity contribution in [3.8, 4) is 17.2 Å². The molecule has 3 aromatic rings. The molecule has 5 rings (SSSR count). The van der Waals surface area contributed by atoms with Crippen LogP contribution < -0.4 is 19.5 Å². The summed E-state index contributed by atoms with van der Waals surface area (Å²) in [5.41, 5.74) is 2.94. The maximum atomic E-state index is 13.0. The van der Waals surface area contributed by atoms with Crippen LogP contribution in [-0.2, 0) is 16.1 Å². The summed E-state index contributed by atoms with van der Waals surface area (Å²) in [4.78, 5) is 39.3. The van der Waals surface area contributed by atoms with E-state index in [1.807, 2.05) is 31.2 Å². The number of nitrogens with one attached hydrogen (secondary N) is 1. The predicted molar refractivity (Wildman–Crippen MR) is 149 cm³/mol. The van der Waals surface area contributed by atoms with Gasteiger partial charge in [0.25, 0.3) is 17.1 Å². The number of para-hydroxylation sites is 1. The number of nitrogens with zero attached hydrogens (tertiary/aromatic N) is 1. The van der Waals surface area contributed by atoms with Crippen molar-refractivity contribution in [3.05, 3.63) is 85.7 Å². The molecule has 0 spiro atoms. The first-order chi connectivity index (χ1) is 18.3. The molecule has 0 atom stereocenters. The lowest BCUT2D eigenvalue weighted by Gasteiger charge is -2.14. The van der Waals surface area contributed by atoms with E-state index >= 15 is 0 Å². The highest BCUT2D eigenvalue weighted by atomic mass is 79.9. The number of anilines is 1. The largest absolute Gasteiger partial charge is 0.483 e. The Morgan fingerprint density at radius 2 is 1.92 bits per heavy atom. The Bertz CT molecular complexity index is 1490. The second kappa shape index (κ2) is 11.1. The van der Waals surface area contributed by atoms with Crippen LogP contribution in [0.3, 0.4) is 0 Å². The summed E-state index contributed by atoms with van der Waals surface area (Å²) in [5.74, 6) is 0.807. The fourth-order valence-corrected chi connectivity index (χ4v) is 5.37. The van der Waals surface area contributed by atoms with Crippen LogP contribution in [0.1, 0.15) is 16.7 Å². The summed E-state index contributed by atoms with van der Waals surface area (Å²) in [7, 11) is 0. The SMILES string of the molecule is Cc1ccccc1NC(=O)COc1ccc(/C=C2\SC(=O)N(Cc3cc4c(cc3Cl)OCO4)C2=O)cc1Br. The summed E-state index contributed by atoms with van der Waals surface area (Å²) in [6, 6.07) is 15.9. The second-order valence-corrected chi connectivity index (χ2v) is 10.7. The molecule has 0 unspecified atom stereocenters. The number of carbonyl (C=O) groups excluding carboxylic acids is 3.